The molecule has 0 fully saturated rings. The average molecular weight is 227 g/mol. The molecule has 1 heteroatoms. The highest BCUT2D eigenvalue weighted by atomic mass is 14.2. The third kappa shape index (κ3) is 5.36. The first-order chi connectivity index (χ1) is 8.38. The van der Waals surface area contributed by atoms with Crippen LogP contribution in [0.1, 0.15) is 51.0 Å². The lowest BCUT2D eigenvalue weighted by Crippen LogP contribution is -1.82. The van der Waals surface area contributed by atoms with Gasteiger partial charge in [-0.2, -0.15) is 5.26 Å². The van der Waals surface area contributed by atoms with E-state index in [0.29, 0.717) is 0 Å². The van der Waals surface area contributed by atoms with Gasteiger partial charge in [-0.1, -0.05) is 69.0 Å². The number of benzene rings is 1. The van der Waals surface area contributed by atoms with Crippen molar-refractivity contribution in [2.75, 3.05) is 0 Å². The Morgan fingerprint density at radius 1 is 1.12 bits per heavy atom. The Labute approximate surface area is 105 Å². The molecule has 0 aliphatic carbocycles. The number of unbranched alkanes of at least 4 members (excludes halogenated alkanes) is 5. The summed E-state index contributed by atoms with van der Waals surface area (Å²) in [6, 6.07) is 12.2. The molecule has 0 unspecified atom stereocenters. The quantitative estimate of drug-likeness (QED) is 0.477. The normalized spacial score (nSPS) is 11.2. The third-order valence-corrected chi connectivity index (χ3v) is 2.86. The molecule has 0 atom stereocenters. The molecule has 1 aromatic carbocycles. The van der Waals surface area contributed by atoms with E-state index in [4.69, 9.17) is 5.26 Å². The van der Waals surface area contributed by atoms with Gasteiger partial charge in [0.25, 0.3) is 0 Å². The fraction of sp³-hybridized carbons (Fsp3) is 0.438. The van der Waals surface area contributed by atoms with Crippen molar-refractivity contribution in [3.63, 3.8) is 0 Å². The summed E-state index contributed by atoms with van der Waals surface area (Å²) in [6.45, 7) is 2.23. The van der Waals surface area contributed by atoms with Crippen LogP contribution < -0.4 is 0 Å². The Bertz CT molecular complexity index is 370. The molecule has 17 heavy (non-hydrogen) atoms. The maximum Gasteiger partial charge on any atom is 0.0994 e. The molecule has 0 saturated heterocycles. The van der Waals surface area contributed by atoms with E-state index in [9.17, 15) is 0 Å². The molecule has 1 aromatic rings. The number of hydrogen-bond donors (Lipinski definition) is 0. The summed E-state index contributed by atoms with van der Waals surface area (Å²) < 4.78 is 0. The Kier molecular flexibility index (Phi) is 6.82. The van der Waals surface area contributed by atoms with Gasteiger partial charge in [0, 0.05) is 0 Å². The van der Waals surface area contributed by atoms with Gasteiger partial charge in [-0.3, -0.25) is 0 Å². The third-order valence-electron chi connectivity index (χ3n) is 2.86. The minimum atomic E-state index is 0.807. The van der Waals surface area contributed by atoms with Gasteiger partial charge in [0.1, 0.15) is 0 Å². The van der Waals surface area contributed by atoms with Gasteiger partial charge in [0.05, 0.1) is 11.6 Å². The van der Waals surface area contributed by atoms with Crippen molar-refractivity contribution in [2.45, 2.75) is 45.4 Å². The molecule has 1 rings (SSSR count). The summed E-state index contributed by atoms with van der Waals surface area (Å²) >= 11 is 0. The number of nitrogens with zero attached hydrogens (tertiary/aromatic N) is 1. The summed E-state index contributed by atoms with van der Waals surface area (Å²) in [4.78, 5) is 0. The van der Waals surface area contributed by atoms with E-state index < -0.39 is 0 Å². The van der Waals surface area contributed by atoms with Crippen LogP contribution in [-0.2, 0) is 0 Å². The monoisotopic (exact) mass is 227 g/mol. The van der Waals surface area contributed by atoms with Crippen LogP contribution in [0.5, 0.6) is 0 Å². The Balaban J connectivity index is 2.39. The summed E-state index contributed by atoms with van der Waals surface area (Å²) in [7, 11) is 0. The SMILES string of the molecule is CCCCCCCC=C(C#N)c1ccccc1. The first kappa shape index (κ1) is 13.5. The zero-order chi connectivity index (χ0) is 12.3. The summed E-state index contributed by atoms with van der Waals surface area (Å²) in [6.07, 6.45) is 9.48. The molecule has 0 saturated carbocycles. The maximum absolute atomic E-state index is 9.10. The Morgan fingerprint density at radius 2 is 1.82 bits per heavy atom. The fourth-order valence-electron chi connectivity index (χ4n) is 1.84. The van der Waals surface area contributed by atoms with Crippen molar-refractivity contribution in [2.24, 2.45) is 0 Å². The predicted octanol–water partition coefficient (Wildman–Crippen LogP) is 4.95. The lowest BCUT2D eigenvalue weighted by atomic mass is 10.0. The van der Waals surface area contributed by atoms with Crippen molar-refractivity contribution in [3.8, 4) is 6.07 Å². The molecule has 0 bridgehead atoms. The second-order valence-corrected chi connectivity index (χ2v) is 4.30. The Morgan fingerprint density at radius 3 is 2.47 bits per heavy atom. The predicted molar refractivity (Wildman–Crippen MR) is 73.4 cm³/mol. The first-order valence-electron chi connectivity index (χ1n) is 6.54. The van der Waals surface area contributed by atoms with Crippen LogP contribution in [0.25, 0.3) is 5.57 Å². The summed E-state index contributed by atoms with van der Waals surface area (Å²) in [5, 5.41) is 9.10. The van der Waals surface area contributed by atoms with Crippen LogP contribution in [0.3, 0.4) is 0 Å². The van der Waals surface area contributed by atoms with Crippen molar-refractivity contribution in [1.82, 2.24) is 0 Å². The van der Waals surface area contributed by atoms with Crippen LogP contribution >= 0.6 is 0 Å². The van der Waals surface area contributed by atoms with E-state index >= 15 is 0 Å². The van der Waals surface area contributed by atoms with Gasteiger partial charge in [-0.05, 0) is 18.4 Å². The van der Waals surface area contributed by atoms with Gasteiger partial charge >= 0.3 is 0 Å². The van der Waals surface area contributed by atoms with Crippen molar-refractivity contribution in [1.29, 1.82) is 5.26 Å². The van der Waals surface area contributed by atoms with E-state index in [1.165, 1.54) is 32.1 Å². The molecule has 0 N–H and O–H groups in total. The number of nitriles is 1. The molecular formula is C16H21N. The summed E-state index contributed by atoms with van der Waals surface area (Å²) in [5.74, 6) is 0. The van der Waals surface area contributed by atoms with Gasteiger partial charge in [-0.25, -0.2) is 0 Å². The zero-order valence-corrected chi connectivity index (χ0v) is 10.7. The van der Waals surface area contributed by atoms with Crippen LogP contribution in [-0.4, -0.2) is 0 Å². The van der Waals surface area contributed by atoms with Crippen LogP contribution in [0.2, 0.25) is 0 Å². The first-order valence-corrected chi connectivity index (χ1v) is 6.54. The molecule has 0 aliphatic rings. The van der Waals surface area contributed by atoms with Gasteiger partial charge in [0.2, 0.25) is 0 Å². The number of hydrogen-bond acceptors (Lipinski definition) is 1. The average Bonchev–Trinajstić information content (AvgIpc) is 2.39. The number of allylic oxidation sites excluding steroid dienone is 2. The van der Waals surface area contributed by atoms with Gasteiger partial charge in [-0.15, -0.1) is 0 Å². The standard InChI is InChI=1S/C16H21N/c1-2-3-4-5-6-8-13-16(14-17)15-11-9-7-10-12-15/h7,9-13H,2-6,8H2,1H3. The van der Waals surface area contributed by atoms with E-state index in [-0.39, 0.29) is 0 Å². The van der Waals surface area contributed by atoms with Gasteiger partial charge < -0.3 is 0 Å². The molecular weight excluding hydrogens is 206 g/mol. The molecule has 0 aromatic heterocycles. The second kappa shape index (κ2) is 8.58. The molecule has 0 spiro atoms. The topological polar surface area (TPSA) is 23.8 Å². The molecule has 0 heterocycles. The van der Waals surface area contributed by atoms with Crippen molar-refractivity contribution < 1.29 is 0 Å². The van der Waals surface area contributed by atoms with Crippen LogP contribution in [0.4, 0.5) is 0 Å². The molecule has 0 radical (unpaired) electrons. The smallest absolute Gasteiger partial charge is 0.0994 e. The Hall–Kier alpha value is -1.55. The lowest BCUT2D eigenvalue weighted by Gasteiger charge is -1.99. The van der Waals surface area contributed by atoms with Crippen LogP contribution in [0.15, 0.2) is 36.4 Å². The van der Waals surface area contributed by atoms with E-state index in [0.717, 1.165) is 17.6 Å². The lowest BCUT2D eigenvalue weighted by molar-refractivity contribution is 0.638. The van der Waals surface area contributed by atoms with Crippen LogP contribution in [0, 0.1) is 11.3 Å². The molecule has 0 aliphatic heterocycles. The van der Waals surface area contributed by atoms with Crippen molar-refractivity contribution >= 4 is 5.57 Å². The highest BCUT2D eigenvalue weighted by molar-refractivity contribution is 5.76. The highest BCUT2D eigenvalue weighted by Gasteiger charge is 1.98. The van der Waals surface area contributed by atoms with E-state index in [1.54, 1.807) is 0 Å². The largest absolute Gasteiger partial charge is 0.192 e. The van der Waals surface area contributed by atoms with Crippen molar-refractivity contribution in [3.05, 3.63) is 42.0 Å². The molecule has 0 amide bonds. The minimum Gasteiger partial charge on any atom is -0.192 e. The minimum absolute atomic E-state index is 0.807. The van der Waals surface area contributed by atoms with E-state index in [2.05, 4.69) is 19.1 Å². The maximum atomic E-state index is 9.10. The van der Waals surface area contributed by atoms with E-state index in [1.807, 2.05) is 30.3 Å². The number of rotatable bonds is 7. The molecule has 1 nitrogen and oxygen atoms in total. The highest BCUT2D eigenvalue weighted by Crippen LogP contribution is 2.15. The zero-order valence-electron chi connectivity index (χ0n) is 10.7. The second-order valence-electron chi connectivity index (χ2n) is 4.30. The molecule has 90 valence electrons. The summed E-state index contributed by atoms with van der Waals surface area (Å²) in [5.41, 5.74) is 1.84. The van der Waals surface area contributed by atoms with Gasteiger partial charge in [0.15, 0.2) is 0 Å². The fourth-order valence-corrected chi connectivity index (χ4v) is 1.84.